The van der Waals surface area contributed by atoms with Crippen molar-refractivity contribution in [3.05, 3.63) is 34.5 Å². The molecule has 0 spiro atoms. The number of rotatable bonds is 2. The van der Waals surface area contributed by atoms with Crippen LogP contribution in [0.1, 0.15) is 22.8 Å². The van der Waals surface area contributed by atoms with Crippen LogP contribution in [-0.4, -0.2) is 24.2 Å². The van der Waals surface area contributed by atoms with Crippen LogP contribution in [0.3, 0.4) is 0 Å². The third-order valence-electron chi connectivity index (χ3n) is 3.12. The minimum Gasteiger partial charge on any atom is -0.491 e. The van der Waals surface area contributed by atoms with Gasteiger partial charge in [0.25, 0.3) is 0 Å². The Labute approximate surface area is 115 Å². The van der Waals surface area contributed by atoms with Crippen LogP contribution in [0, 0.1) is 0 Å². The molecule has 0 N–H and O–H groups in total. The number of pyridine rings is 1. The maximum absolute atomic E-state index is 11.8. The number of halogens is 1. The summed E-state index contributed by atoms with van der Waals surface area (Å²) < 4.78 is 10.5. The van der Waals surface area contributed by atoms with Crippen molar-refractivity contribution in [2.24, 2.45) is 0 Å². The molecule has 1 aromatic carbocycles. The van der Waals surface area contributed by atoms with E-state index in [1.807, 2.05) is 12.1 Å². The molecule has 3 rings (SSSR count). The van der Waals surface area contributed by atoms with E-state index in [1.165, 1.54) is 6.20 Å². The van der Waals surface area contributed by atoms with Crippen molar-refractivity contribution in [2.45, 2.75) is 13.3 Å². The molecule has 2 heterocycles. The standard InChI is InChI=1S/C14H12ClNO3/c1-2-18-14(17)10-7-16-12-9(11(10)15)4-3-8-5-6-19-13(8)12/h3-4,7H,2,5-6H2,1H3. The fraction of sp³-hybridized carbons (Fsp3) is 0.286. The van der Waals surface area contributed by atoms with Gasteiger partial charge >= 0.3 is 5.97 Å². The molecule has 1 aliphatic heterocycles. The van der Waals surface area contributed by atoms with Crippen LogP contribution < -0.4 is 4.74 Å². The van der Waals surface area contributed by atoms with E-state index in [0.29, 0.717) is 29.1 Å². The van der Waals surface area contributed by atoms with Crippen molar-refractivity contribution in [3.8, 4) is 5.75 Å². The summed E-state index contributed by atoms with van der Waals surface area (Å²) in [5.74, 6) is 0.318. The van der Waals surface area contributed by atoms with Gasteiger partial charge in [-0.05, 0) is 12.5 Å². The number of carbonyl (C=O) groups is 1. The van der Waals surface area contributed by atoms with Crippen molar-refractivity contribution < 1.29 is 14.3 Å². The van der Waals surface area contributed by atoms with E-state index < -0.39 is 5.97 Å². The number of hydrogen-bond acceptors (Lipinski definition) is 4. The van der Waals surface area contributed by atoms with Crippen LogP contribution in [-0.2, 0) is 11.2 Å². The lowest BCUT2D eigenvalue weighted by Gasteiger charge is -2.09. The van der Waals surface area contributed by atoms with Crippen LogP contribution in [0.25, 0.3) is 10.9 Å². The number of aromatic nitrogens is 1. The first kappa shape index (κ1) is 12.2. The zero-order chi connectivity index (χ0) is 13.4. The predicted octanol–water partition coefficient (Wildman–Crippen LogP) is 3.00. The number of esters is 1. The molecule has 4 nitrogen and oxygen atoms in total. The van der Waals surface area contributed by atoms with Crippen LogP contribution in [0.5, 0.6) is 5.75 Å². The lowest BCUT2D eigenvalue weighted by Crippen LogP contribution is -2.06. The molecule has 0 amide bonds. The summed E-state index contributed by atoms with van der Waals surface area (Å²) in [6.07, 6.45) is 2.33. The molecule has 0 unspecified atom stereocenters. The van der Waals surface area contributed by atoms with Crippen molar-refractivity contribution in [1.29, 1.82) is 0 Å². The van der Waals surface area contributed by atoms with E-state index in [2.05, 4.69) is 4.98 Å². The molecule has 0 saturated carbocycles. The highest BCUT2D eigenvalue weighted by Crippen LogP contribution is 2.36. The van der Waals surface area contributed by atoms with Gasteiger partial charge in [0.1, 0.15) is 11.3 Å². The molecule has 0 radical (unpaired) electrons. The molecular formula is C14H12ClNO3. The van der Waals surface area contributed by atoms with Crippen molar-refractivity contribution >= 4 is 28.5 Å². The van der Waals surface area contributed by atoms with Gasteiger partial charge in [0, 0.05) is 18.0 Å². The van der Waals surface area contributed by atoms with Crippen molar-refractivity contribution in [1.82, 2.24) is 4.98 Å². The number of ether oxygens (including phenoxy) is 2. The third kappa shape index (κ3) is 1.92. The fourth-order valence-corrected chi connectivity index (χ4v) is 2.50. The Morgan fingerprint density at radius 3 is 3.16 bits per heavy atom. The lowest BCUT2D eigenvalue weighted by atomic mass is 10.1. The van der Waals surface area contributed by atoms with Crippen LogP contribution in [0.2, 0.25) is 5.02 Å². The van der Waals surface area contributed by atoms with Gasteiger partial charge in [-0.2, -0.15) is 0 Å². The first-order chi connectivity index (χ1) is 9.22. The second kappa shape index (κ2) is 4.70. The van der Waals surface area contributed by atoms with Crippen molar-refractivity contribution in [2.75, 3.05) is 13.2 Å². The molecule has 0 saturated heterocycles. The minimum absolute atomic E-state index is 0.286. The van der Waals surface area contributed by atoms with Crippen LogP contribution in [0.4, 0.5) is 0 Å². The molecule has 5 heteroatoms. The predicted molar refractivity (Wildman–Crippen MR) is 71.9 cm³/mol. The first-order valence-electron chi connectivity index (χ1n) is 6.12. The van der Waals surface area contributed by atoms with Crippen LogP contribution in [0.15, 0.2) is 18.3 Å². The maximum atomic E-state index is 11.8. The largest absolute Gasteiger partial charge is 0.491 e. The number of fused-ring (bicyclic) bond motifs is 3. The Kier molecular flexibility index (Phi) is 3.03. The second-order valence-electron chi connectivity index (χ2n) is 4.25. The maximum Gasteiger partial charge on any atom is 0.341 e. The topological polar surface area (TPSA) is 48.4 Å². The monoisotopic (exact) mass is 277 g/mol. The zero-order valence-electron chi connectivity index (χ0n) is 10.4. The molecule has 1 aliphatic rings. The van der Waals surface area contributed by atoms with Gasteiger partial charge in [-0.15, -0.1) is 0 Å². The van der Waals surface area contributed by atoms with E-state index in [-0.39, 0.29) is 5.56 Å². The smallest absolute Gasteiger partial charge is 0.341 e. The molecule has 98 valence electrons. The van der Waals surface area contributed by atoms with Gasteiger partial charge < -0.3 is 9.47 Å². The average molecular weight is 278 g/mol. The molecule has 0 atom stereocenters. The highest BCUT2D eigenvalue weighted by Gasteiger charge is 2.21. The molecule has 1 aromatic heterocycles. The van der Waals surface area contributed by atoms with Gasteiger partial charge in [-0.1, -0.05) is 23.7 Å². The number of nitrogens with zero attached hydrogens (tertiary/aromatic N) is 1. The summed E-state index contributed by atoms with van der Waals surface area (Å²) in [5, 5.41) is 1.08. The molecule has 0 aliphatic carbocycles. The SMILES string of the molecule is CCOC(=O)c1cnc2c3c(ccc2c1Cl)CCO3. The normalized spacial score (nSPS) is 13.2. The summed E-state index contributed by atoms with van der Waals surface area (Å²) >= 11 is 6.28. The van der Waals surface area contributed by atoms with E-state index >= 15 is 0 Å². The van der Waals surface area contributed by atoms with Gasteiger partial charge in [-0.3, -0.25) is 4.98 Å². The van der Waals surface area contributed by atoms with Crippen molar-refractivity contribution in [3.63, 3.8) is 0 Å². The molecule has 0 bridgehead atoms. The second-order valence-corrected chi connectivity index (χ2v) is 4.63. The fourth-order valence-electron chi connectivity index (χ4n) is 2.22. The third-order valence-corrected chi connectivity index (χ3v) is 3.53. The molecule has 2 aromatic rings. The number of hydrogen-bond donors (Lipinski definition) is 0. The van der Waals surface area contributed by atoms with E-state index in [9.17, 15) is 4.79 Å². The van der Waals surface area contributed by atoms with E-state index in [0.717, 1.165) is 17.7 Å². The molecule has 0 fully saturated rings. The highest BCUT2D eigenvalue weighted by atomic mass is 35.5. The Morgan fingerprint density at radius 2 is 2.37 bits per heavy atom. The van der Waals surface area contributed by atoms with E-state index in [1.54, 1.807) is 6.92 Å². The number of carbonyl (C=O) groups excluding carboxylic acids is 1. The Morgan fingerprint density at radius 1 is 1.53 bits per heavy atom. The van der Waals surface area contributed by atoms with Gasteiger partial charge in [0.2, 0.25) is 0 Å². The summed E-state index contributed by atoms with van der Waals surface area (Å²) in [6, 6.07) is 3.84. The Bertz CT molecular complexity index is 669. The Hall–Kier alpha value is -1.81. The lowest BCUT2D eigenvalue weighted by molar-refractivity contribution is 0.0526. The summed E-state index contributed by atoms with van der Waals surface area (Å²) in [5.41, 5.74) is 2.11. The summed E-state index contributed by atoms with van der Waals surface area (Å²) in [4.78, 5) is 16.1. The minimum atomic E-state index is -0.455. The van der Waals surface area contributed by atoms with Crippen LogP contribution >= 0.6 is 11.6 Å². The zero-order valence-corrected chi connectivity index (χ0v) is 11.2. The quantitative estimate of drug-likeness (QED) is 0.792. The number of benzene rings is 1. The first-order valence-corrected chi connectivity index (χ1v) is 6.50. The Balaban J connectivity index is 2.18. The average Bonchev–Trinajstić information content (AvgIpc) is 2.87. The van der Waals surface area contributed by atoms with Gasteiger partial charge in [0.05, 0.1) is 23.8 Å². The van der Waals surface area contributed by atoms with Gasteiger partial charge in [0.15, 0.2) is 0 Å². The summed E-state index contributed by atoms with van der Waals surface area (Å²) in [7, 11) is 0. The highest BCUT2D eigenvalue weighted by molar-refractivity contribution is 6.38. The molecule has 19 heavy (non-hydrogen) atoms. The molecular weight excluding hydrogens is 266 g/mol. The van der Waals surface area contributed by atoms with E-state index in [4.69, 9.17) is 21.1 Å². The van der Waals surface area contributed by atoms with Gasteiger partial charge in [-0.25, -0.2) is 4.79 Å². The summed E-state index contributed by atoms with van der Waals surface area (Å²) in [6.45, 7) is 2.72.